The molecule has 0 atom stereocenters. The molecule has 15 heteroatoms. The van der Waals surface area contributed by atoms with Crippen LogP contribution in [0, 0.1) is 15.9 Å². The highest BCUT2D eigenvalue weighted by Gasteiger charge is 2.47. The lowest BCUT2D eigenvalue weighted by Crippen LogP contribution is -2.48. The third-order valence-corrected chi connectivity index (χ3v) is 8.19. The molecule has 174 valence electrons. The van der Waals surface area contributed by atoms with E-state index < -0.39 is 46.7 Å². The van der Waals surface area contributed by atoms with E-state index in [2.05, 4.69) is 0 Å². The fourth-order valence-corrected chi connectivity index (χ4v) is 5.35. The summed E-state index contributed by atoms with van der Waals surface area (Å²) in [4.78, 5) is 10.4. The molecule has 0 saturated carbocycles. The molecule has 0 spiro atoms. The van der Waals surface area contributed by atoms with Crippen LogP contribution in [-0.2, 0) is 19.9 Å². The first-order valence-corrected chi connectivity index (χ1v) is 11.8. The van der Waals surface area contributed by atoms with Gasteiger partial charge in [0.05, 0.1) is 14.7 Å². The molecule has 1 aliphatic heterocycles. The van der Waals surface area contributed by atoms with Gasteiger partial charge in [-0.2, -0.15) is 17.5 Å². The number of alkyl halides is 3. The Morgan fingerprint density at radius 3 is 1.91 bits per heavy atom. The predicted octanol–water partition coefficient (Wildman–Crippen LogP) is 2.54. The number of hydrogen-bond acceptors (Lipinski definition) is 7. The zero-order chi connectivity index (χ0) is 23.9. The van der Waals surface area contributed by atoms with Crippen LogP contribution in [0.4, 0.5) is 28.9 Å². The van der Waals surface area contributed by atoms with Crippen molar-refractivity contribution in [3.05, 3.63) is 58.4 Å². The van der Waals surface area contributed by atoms with Gasteiger partial charge < -0.3 is 4.90 Å². The summed E-state index contributed by atoms with van der Waals surface area (Å²) in [7, 11) is -9.73. The van der Waals surface area contributed by atoms with Gasteiger partial charge in [-0.15, -0.1) is 0 Å². The van der Waals surface area contributed by atoms with Gasteiger partial charge in [-0.1, -0.05) is 0 Å². The Hall–Kier alpha value is -2.78. The summed E-state index contributed by atoms with van der Waals surface area (Å²) < 4.78 is 101. The second kappa shape index (κ2) is 8.29. The monoisotopic (exact) mass is 497 g/mol. The van der Waals surface area contributed by atoms with Crippen LogP contribution in [0.15, 0.2) is 52.3 Å². The fraction of sp³-hybridized carbons (Fsp3) is 0.294. The number of benzene rings is 2. The van der Waals surface area contributed by atoms with Crippen molar-refractivity contribution in [3.63, 3.8) is 0 Å². The van der Waals surface area contributed by atoms with Gasteiger partial charge in [0.1, 0.15) is 11.5 Å². The summed E-state index contributed by atoms with van der Waals surface area (Å²) in [6, 6.07) is 6.02. The summed E-state index contributed by atoms with van der Waals surface area (Å²) >= 11 is 0. The number of nitro benzene ring substituents is 1. The number of anilines is 1. The second-order valence-corrected chi connectivity index (χ2v) is 10.6. The number of halogens is 4. The van der Waals surface area contributed by atoms with Gasteiger partial charge in [0.25, 0.3) is 15.5 Å². The smallest absolute Gasteiger partial charge is 0.363 e. The van der Waals surface area contributed by atoms with E-state index in [0.717, 1.165) is 34.6 Å². The van der Waals surface area contributed by atoms with E-state index in [1.165, 1.54) is 4.90 Å². The summed E-state index contributed by atoms with van der Waals surface area (Å²) in [6.07, 6.45) is 0. The van der Waals surface area contributed by atoms with E-state index in [0.29, 0.717) is 12.1 Å². The molecule has 0 unspecified atom stereocenters. The first-order chi connectivity index (χ1) is 14.7. The molecule has 0 N–H and O–H groups in total. The molecule has 0 aliphatic carbocycles. The Kier molecular flexibility index (Phi) is 6.19. The molecule has 1 fully saturated rings. The van der Waals surface area contributed by atoms with Gasteiger partial charge in [0.15, 0.2) is 0 Å². The molecule has 2 aromatic rings. The van der Waals surface area contributed by atoms with Crippen molar-refractivity contribution >= 4 is 31.2 Å². The molecule has 0 amide bonds. The topological polar surface area (TPSA) is 118 Å². The first-order valence-electron chi connectivity index (χ1n) is 8.85. The minimum Gasteiger partial charge on any atom is -0.363 e. The van der Waals surface area contributed by atoms with Crippen LogP contribution in [-0.4, -0.2) is 57.8 Å². The molecular formula is C17H15F4N3O6S2. The van der Waals surface area contributed by atoms with Crippen molar-refractivity contribution in [2.75, 3.05) is 31.1 Å². The van der Waals surface area contributed by atoms with E-state index in [1.807, 2.05) is 0 Å². The summed E-state index contributed by atoms with van der Waals surface area (Å²) in [6.45, 7) is -0.321. The highest BCUT2D eigenvalue weighted by molar-refractivity contribution is 7.92. The summed E-state index contributed by atoms with van der Waals surface area (Å²) in [5, 5.41) is 11.4. The van der Waals surface area contributed by atoms with Gasteiger partial charge in [-0.05, 0) is 36.4 Å². The molecule has 2 aromatic carbocycles. The number of hydrogen-bond donors (Lipinski definition) is 0. The third kappa shape index (κ3) is 4.40. The zero-order valence-corrected chi connectivity index (χ0v) is 17.6. The molecule has 1 aliphatic rings. The lowest BCUT2D eigenvalue weighted by Gasteiger charge is -2.35. The average Bonchev–Trinajstić information content (AvgIpc) is 2.73. The van der Waals surface area contributed by atoms with Crippen LogP contribution in [0.3, 0.4) is 0 Å². The van der Waals surface area contributed by atoms with Crippen LogP contribution in [0.25, 0.3) is 0 Å². The Labute approximate surface area is 180 Å². The third-order valence-electron chi connectivity index (χ3n) is 4.79. The number of piperazine rings is 1. The number of nitro groups is 1. The standard InChI is InChI=1S/C17H15F4N3O6S2/c18-12-1-3-13(4-2-12)32(29,30)23-9-7-22(8-10-23)15-6-5-14(11-16(15)24(25)26)31(27,28)17(19,20)21/h1-6,11H,7-10H2. The molecule has 1 saturated heterocycles. The maximum atomic E-state index is 13.1. The van der Waals surface area contributed by atoms with Crippen LogP contribution >= 0.6 is 0 Å². The van der Waals surface area contributed by atoms with Crippen molar-refractivity contribution < 1.29 is 39.3 Å². The lowest BCUT2D eigenvalue weighted by atomic mass is 10.2. The normalized spacial score (nSPS) is 16.2. The molecule has 0 bridgehead atoms. The Morgan fingerprint density at radius 2 is 1.41 bits per heavy atom. The van der Waals surface area contributed by atoms with Crippen LogP contribution in [0.2, 0.25) is 0 Å². The number of sulfone groups is 1. The quantitative estimate of drug-likeness (QED) is 0.354. The van der Waals surface area contributed by atoms with Crippen molar-refractivity contribution in [2.24, 2.45) is 0 Å². The molecule has 32 heavy (non-hydrogen) atoms. The van der Waals surface area contributed by atoms with E-state index in [-0.39, 0.29) is 36.8 Å². The van der Waals surface area contributed by atoms with Crippen LogP contribution in [0.1, 0.15) is 0 Å². The molecule has 9 nitrogen and oxygen atoms in total. The van der Waals surface area contributed by atoms with Gasteiger partial charge in [-0.25, -0.2) is 21.2 Å². The Bertz CT molecular complexity index is 1240. The maximum Gasteiger partial charge on any atom is 0.501 e. The Morgan fingerprint density at radius 1 is 0.875 bits per heavy atom. The SMILES string of the molecule is O=[N+]([O-])c1cc(S(=O)(=O)C(F)(F)F)ccc1N1CCN(S(=O)(=O)c2ccc(F)cc2)CC1. The molecule has 3 rings (SSSR count). The number of nitrogens with zero attached hydrogens (tertiary/aromatic N) is 3. The van der Waals surface area contributed by atoms with Crippen molar-refractivity contribution in [1.29, 1.82) is 0 Å². The predicted molar refractivity (Wildman–Crippen MR) is 104 cm³/mol. The second-order valence-electron chi connectivity index (χ2n) is 6.70. The summed E-state index contributed by atoms with van der Waals surface area (Å²) in [5.74, 6) is -0.614. The summed E-state index contributed by atoms with van der Waals surface area (Å²) in [5.41, 5.74) is -6.62. The lowest BCUT2D eigenvalue weighted by molar-refractivity contribution is -0.384. The average molecular weight is 497 g/mol. The molecule has 0 aromatic heterocycles. The molecular weight excluding hydrogens is 482 g/mol. The van der Waals surface area contributed by atoms with E-state index in [4.69, 9.17) is 0 Å². The van der Waals surface area contributed by atoms with E-state index >= 15 is 0 Å². The van der Waals surface area contributed by atoms with Crippen molar-refractivity contribution in [1.82, 2.24) is 4.31 Å². The van der Waals surface area contributed by atoms with Gasteiger partial charge >= 0.3 is 5.51 Å². The van der Waals surface area contributed by atoms with E-state index in [1.54, 1.807) is 0 Å². The number of sulfonamides is 1. The Balaban J connectivity index is 1.85. The fourth-order valence-electron chi connectivity index (χ4n) is 3.14. The first kappa shape index (κ1) is 23.9. The van der Waals surface area contributed by atoms with Crippen molar-refractivity contribution in [3.8, 4) is 0 Å². The molecule has 1 heterocycles. The van der Waals surface area contributed by atoms with Gasteiger partial charge in [0, 0.05) is 32.2 Å². The largest absolute Gasteiger partial charge is 0.501 e. The number of rotatable bonds is 5. The van der Waals surface area contributed by atoms with Gasteiger partial charge in [-0.3, -0.25) is 10.1 Å². The zero-order valence-electron chi connectivity index (χ0n) is 16.0. The van der Waals surface area contributed by atoms with Crippen LogP contribution < -0.4 is 4.90 Å². The maximum absolute atomic E-state index is 13.1. The van der Waals surface area contributed by atoms with Gasteiger partial charge in [0.2, 0.25) is 10.0 Å². The van der Waals surface area contributed by atoms with E-state index in [9.17, 15) is 44.5 Å². The minimum atomic E-state index is -5.78. The highest BCUT2D eigenvalue weighted by atomic mass is 32.2. The van der Waals surface area contributed by atoms with Crippen molar-refractivity contribution in [2.45, 2.75) is 15.3 Å². The van der Waals surface area contributed by atoms with Crippen LogP contribution in [0.5, 0.6) is 0 Å². The minimum absolute atomic E-state index is 0.0490. The highest BCUT2D eigenvalue weighted by Crippen LogP contribution is 2.36. The molecule has 0 radical (unpaired) electrons.